The maximum atomic E-state index is 13.7. The van der Waals surface area contributed by atoms with Crippen molar-refractivity contribution in [2.75, 3.05) is 5.32 Å². The lowest BCUT2D eigenvalue weighted by Crippen LogP contribution is -2.85. The minimum atomic E-state index is -2.00. The first kappa shape index (κ1) is 28.5. The Balaban J connectivity index is 1.43. The van der Waals surface area contributed by atoms with Crippen LogP contribution in [0.3, 0.4) is 0 Å². The maximum absolute atomic E-state index is 13.7. The molecule has 2 saturated heterocycles. The van der Waals surface area contributed by atoms with Crippen molar-refractivity contribution in [3.05, 3.63) is 70.6 Å². The van der Waals surface area contributed by atoms with Crippen molar-refractivity contribution in [3.63, 3.8) is 0 Å². The number of phenols is 1. The molecule has 0 aliphatic carbocycles. The zero-order valence-corrected chi connectivity index (χ0v) is 22.9. The lowest BCUT2D eigenvalue weighted by molar-refractivity contribution is -0.172. The van der Waals surface area contributed by atoms with Gasteiger partial charge >= 0.3 is 17.6 Å². The van der Waals surface area contributed by atoms with E-state index < -0.39 is 57.3 Å². The first-order chi connectivity index (χ1) is 19.9. The van der Waals surface area contributed by atoms with Crippen molar-refractivity contribution >= 4 is 58.6 Å². The number of thioether (sulfide) groups is 1. The summed E-state index contributed by atoms with van der Waals surface area (Å²) >= 11 is 1.08. The molecule has 5 amide bonds. The summed E-state index contributed by atoms with van der Waals surface area (Å²) in [5.41, 5.74) is -2.56. The number of urea groups is 1. The number of hydrogen-bond donors (Lipinski definition) is 6. The van der Waals surface area contributed by atoms with Crippen LogP contribution in [-0.2, 0) is 19.2 Å². The van der Waals surface area contributed by atoms with Crippen LogP contribution < -0.4 is 26.9 Å². The molecule has 0 spiro atoms. The summed E-state index contributed by atoms with van der Waals surface area (Å²) in [5.74, 6) is -3.15. The Morgan fingerprint density at radius 3 is 2.45 bits per heavy atom. The highest BCUT2D eigenvalue weighted by molar-refractivity contribution is 8.01. The molecule has 3 heterocycles. The molecule has 15 heteroatoms. The summed E-state index contributed by atoms with van der Waals surface area (Å²) in [7, 11) is 0. The number of anilines is 1. The van der Waals surface area contributed by atoms with E-state index in [0.29, 0.717) is 11.0 Å². The molecule has 2 aromatic carbocycles. The Bertz CT molecular complexity index is 1670. The van der Waals surface area contributed by atoms with Crippen molar-refractivity contribution < 1.29 is 38.6 Å². The number of benzene rings is 2. The molecule has 5 rings (SSSR count). The highest BCUT2D eigenvalue weighted by Crippen LogP contribution is 2.54. The molecule has 1 aromatic heterocycles. The summed E-state index contributed by atoms with van der Waals surface area (Å²) < 4.78 is 4.26. The minimum Gasteiger partial charge on any atom is -0.508 e. The maximum Gasteiger partial charge on any atom is 0.360 e. The molecule has 3 aromatic rings. The van der Waals surface area contributed by atoms with Crippen LogP contribution in [0.2, 0.25) is 0 Å². The van der Waals surface area contributed by atoms with Crippen LogP contribution in [0.1, 0.15) is 25.5 Å². The molecule has 2 aliphatic heterocycles. The predicted molar refractivity (Wildman–Crippen MR) is 149 cm³/mol. The number of carboxylic acids is 1. The monoisotopic (exact) mass is 595 g/mol. The largest absolute Gasteiger partial charge is 0.508 e. The lowest BCUT2D eigenvalue weighted by atomic mass is 9.91. The third kappa shape index (κ3) is 4.76. The van der Waals surface area contributed by atoms with Gasteiger partial charge in [0.1, 0.15) is 34.5 Å². The molecule has 0 radical (unpaired) electrons. The van der Waals surface area contributed by atoms with Crippen LogP contribution in [0.5, 0.6) is 5.75 Å². The molecule has 6 N–H and O–H groups in total. The molecular weight excluding hydrogens is 570 g/mol. The summed E-state index contributed by atoms with van der Waals surface area (Å²) in [6.07, 6.45) is 0.214. The number of rotatable bonds is 8. The van der Waals surface area contributed by atoms with Gasteiger partial charge in [-0.2, -0.15) is 0 Å². The van der Waals surface area contributed by atoms with E-state index in [-0.39, 0.29) is 23.4 Å². The topological polar surface area (TPSA) is 207 Å². The highest BCUT2D eigenvalue weighted by atomic mass is 32.2. The zero-order chi connectivity index (χ0) is 30.4. The number of fused-ring (bicyclic) bond motifs is 2. The van der Waals surface area contributed by atoms with Crippen molar-refractivity contribution in [3.8, 4) is 5.75 Å². The van der Waals surface area contributed by atoms with Gasteiger partial charge in [0.05, 0.1) is 0 Å². The number of amides is 5. The standard InChI is InChI=1S/C27H25N5O9S/c1-26(2)19(21(36)37)32-23(39)27(28-12-33,24(32)42-26)31-20(35)18(13-7-9-15(34)10-8-13)30-25(40)29-16-11-14-5-3-4-6-17(14)41-22(16)38/h3-12,18-19,24,34H,1-2H3,(H,28,33)(H,31,35)(H,36,37)(H2,29,30,40)/t18?,19-,24+,27+/m0/s1. The number of hydrogen-bond acceptors (Lipinski definition) is 9. The number of aromatic hydroxyl groups is 1. The van der Waals surface area contributed by atoms with E-state index in [1.807, 2.05) is 0 Å². The van der Waals surface area contributed by atoms with Gasteiger partial charge in [-0.15, -0.1) is 11.8 Å². The van der Waals surface area contributed by atoms with Crippen molar-refractivity contribution in [1.29, 1.82) is 0 Å². The first-order valence-corrected chi connectivity index (χ1v) is 13.4. The number of carbonyl (C=O) groups is 5. The fraction of sp³-hybridized carbons (Fsp3) is 0.259. The average Bonchev–Trinajstić information content (AvgIpc) is 3.21. The Kier molecular flexibility index (Phi) is 7.06. The van der Waals surface area contributed by atoms with E-state index in [0.717, 1.165) is 16.7 Å². The van der Waals surface area contributed by atoms with Crippen molar-refractivity contribution in [2.24, 2.45) is 0 Å². The van der Waals surface area contributed by atoms with Gasteiger partial charge in [0.2, 0.25) is 18.0 Å². The van der Waals surface area contributed by atoms with Crippen LogP contribution in [-0.4, -0.2) is 67.2 Å². The lowest BCUT2D eigenvalue weighted by Gasteiger charge is -2.52. The van der Waals surface area contributed by atoms with E-state index in [9.17, 15) is 39.0 Å². The van der Waals surface area contributed by atoms with Gasteiger partial charge in [-0.1, -0.05) is 30.3 Å². The van der Waals surface area contributed by atoms with Crippen LogP contribution in [0.4, 0.5) is 10.5 Å². The summed E-state index contributed by atoms with van der Waals surface area (Å²) in [5, 5.41) is 28.7. The Morgan fingerprint density at radius 1 is 1.10 bits per heavy atom. The predicted octanol–water partition coefficient (Wildman–Crippen LogP) is 1.07. The fourth-order valence-electron chi connectivity index (χ4n) is 5.11. The molecular formula is C27H25N5O9S. The SMILES string of the molecule is CC1(C)S[C@H]2N(C(=O)[C@@]2(NC=O)NC(=O)C(NC(=O)Nc2cc3ccccc3oc2=O)c2ccc(O)cc2)[C@H]1C(=O)O. The second kappa shape index (κ2) is 10.4. The van der Waals surface area contributed by atoms with Crippen molar-refractivity contribution in [1.82, 2.24) is 20.9 Å². The van der Waals surface area contributed by atoms with E-state index in [1.165, 1.54) is 30.3 Å². The number of carbonyl (C=O) groups excluding carboxylic acids is 4. The van der Waals surface area contributed by atoms with Gasteiger partial charge in [-0.25, -0.2) is 14.4 Å². The Hall–Kier alpha value is -5.05. The number of aliphatic carboxylic acids is 1. The van der Waals surface area contributed by atoms with Gasteiger partial charge in [0, 0.05) is 10.1 Å². The number of nitrogens with one attached hydrogen (secondary N) is 4. The third-order valence-electron chi connectivity index (χ3n) is 7.04. The molecule has 2 aliphatic rings. The molecule has 42 heavy (non-hydrogen) atoms. The zero-order valence-electron chi connectivity index (χ0n) is 22.1. The van der Waals surface area contributed by atoms with Crippen molar-refractivity contribution in [2.45, 2.75) is 41.7 Å². The normalized spacial score (nSPS) is 22.8. The second-order valence-electron chi connectivity index (χ2n) is 10.2. The van der Waals surface area contributed by atoms with E-state index in [4.69, 9.17) is 4.42 Å². The van der Waals surface area contributed by atoms with Gasteiger partial charge in [-0.3, -0.25) is 14.4 Å². The number of β-lactam (4-membered cyclic amide) rings is 1. The van der Waals surface area contributed by atoms with Crippen LogP contribution in [0.25, 0.3) is 11.0 Å². The second-order valence-corrected chi connectivity index (χ2v) is 11.9. The van der Waals surface area contributed by atoms with Gasteiger partial charge in [0.15, 0.2) is 0 Å². The number of para-hydroxylation sites is 1. The Morgan fingerprint density at radius 2 is 1.79 bits per heavy atom. The third-order valence-corrected chi connectivity index (χ3v) is 8.68. The summed E-state index contributed by atoms with van der Waals surface area (Å²) in [4.78, 5) is 77.1. The number of carboxylic acid groups (broad SMARTS) is 1. The summed E-state index contributed by atoms with van der Waals surface area (Å²) in [6, 6.07) is 9.60. The quantitative estimate of drug-likeness (QED) is 0.0945. The molecule has 0 bridgehead atoms. The molecule has 14 nitrogen and oxygen atoms in total. The molecule has 4 atom stereocenters. The van der Waals surface area contributed by atoms with Crippen LogP contribution >= 0.6 is 11.8 Å². The molecule has 2 fully saturated rings. The molecule has 0 saturated carbocycles. The molecule has 1 unspecified atom stereocenters. The number of phenolic OH excluding ortho intramolecular Hbond substituents is 1. The van der Waals surface area contributed by atoms with Gasteiger partial charge < -0.3 is 40.8 Å². The van der Waals surface area contributed by atoms with E-state index in [1.54, 1.807) is 38.1 Å². The average molecular weight is 596 g/mol. The van der Waals surface area contributed by atoms with E-state index in [2.05, 4.69) is 21.3 Å². The number of nitrogens with zero attached hydrogens (tertiary/aromatic N) is 1. The summed E-state index contributed by atoms with van der Waals surface area (Å²) in [6.45, 7) is 3.26. The fourth-order valence-corrected chi connectivity index (χ4v) is 6.76. The van der Waals surface area contributed by atoms with Gasteiger partial charge in [-0.05, 0) is 43.7 Å². The van der Waals surface area contributed by atoms with Crippen LogP contribution in [0.15, 0.2) is 63.8 Å². The van der Waals surface area contributed by atoms with E-state index >= 15 is 0 Å². The minimum absolute atomic E-state index is 0.121. The smallest absolute Gasteiger partial charge is 0.360 e. The Labute approximate surface area is 241 Å². The first-order valence-electron chi connectivity index (χ1n) is 12.5. The van der Waals surface area contributed by atoms with Crippen LogP contribution in [0, 0.1) is 0 Å². The van der Waals surface area contributed by atoms with Gasteiger partial charge in [0.25, 0.3) is 5.91 Å². The molecule has 218 valence electrons. The highest BCUT2D eigenvalue weighted by Gasteiger charge is 2.72.